The summed E-state index contributed by atoms with van der Waals surface area (Å²) >= 11 is 0. The third-order valence-electron chi connectivity index (χ3n) is 6.44. The number of carbonyl (C=O) groups is 2. The van der Waals surface area contributed by atoms with Crippen LogP contribution in [0.5, 0.6) is 11.6 Å². The molecule has 0 aliphatic carbocycles. The van der Waals surface area contributed by atoms with Gasteiger partial charge in [-0.3, -0.25) is 19.4 Å². The lowest BCUT2D eigenvalue weighted by Crippen LogP contribution is -2.35. The minimum Gasteiger partial charge on any atom is -0.438 e. The molecule has 5 rings (SSSR count). The Bertz CT molecular complexity index is 1480. The fraction of sp³-hybridized carbons (Fsp3) is 0.346. The number of nitrogens with one attached hydrogen (secondary N) is 1. The van der Waals surface area contributed by atoms with Crippen LogP contribution in [0.1, 0.15) is 44.5 Å². The normalized spacial score (nSPS) is 13.5. The summed E-state index contributed by atoms with van der Waals surface area (Å²) in [5.74, 6) is 1.67. The fourth-order valence-corrected chi connectivity index (χ4v) is 4.35. The number of amides is 2. The maximum absolute atomic E-state index is 13.0. The molecule has 0 bridgehead atoms. The molecule has 10 nitrogen and oxygen atoms in total. The highest BCUT2D eigenvalue weighted by Crippen LogP contribution is 2.34. The first-order valence-corrected chi connectivity index (χ1v) is 11.9. The van der Waals surface area contributed by atoms with Gasteiger partial charge < -0.3 is 9.64 Å². The smallest absolute Gasteiger partial charge is 0.331 e. The maximum atomic E-state index is 13.0. The van der Waals surface area contributed by atoms with Crippen LogP contribution in [0.25, 0.3) is 10.9 Å². The quantitative estimate of drug-likeness (QED) is 0.457. The molecule has 0 spiro atoms. The minimum absolute atomic E-state index is 0.0270. The minimum atomic E-state index is -0.294. The molecule has 1 N–H and O–H groups in total. The first kappa shape index (κ1) is 23.5. The number of nitrogens with zero attached hydrogens (tertiary/aromatic N) is 6. The number of rotatable bonds is 3. The molecule has 186 valence electrons. The number of aromatic nitrogens is 5. The van der Waals surface area contributed by atoms with Gasteiger partial charge in [0.05, 0.1) is 23.3 Å². The molecular weight excluding hydrogens is 458 g/mol. The zero-order valence-corrected chi connectivity index (χ0v) is 21.1. The van der Waals surface area contributed by atoms with Gasteiger partial charge in [0.2, 0.25) is 11.8 Å². The standard InChI is InChI=1S/C26H29N7O3/c1-16-18-9-12-32(25(35)29-23-10-13-33(30-23)26(3,4)5)21(18)6-7-22(16)36-24-19-8-11-31(17(2)34)14-20(19)27-15-28-24/h6-7,9-10,12-13,15H,8,11,14H2,1-5H3,(H,29,30,35). The van der Waals surface area contributed by atoms with E-state index in [1.165, 1.54) is 6.33 Å². The van der Waals surface area contributed by atoms with Crippen LogP contribution in [0.4, 0.5) is 10.6 Å². The van der Waals surface area contributed by atoms with Crippen molar-refractivity contribution in [3.8, 4) is 11.6 Å². The predicted molar refractivity (Wildman–Crippen MR) is 135 cm³/mol. The van der Waals surface area contributed by atoms with Gasteiger partial charge >= 0.3 is 6.03 Å². The Morgan fingerprint density at radius 1 is 1.08 bits per heavy atom. The van der Waals surface area contributed by atoms with Crippen molar-refractivity contribution in [3.05, 3.63) is 59.8 Å². The van der Waals surface area contributed by atoms with Crippen LogP contribution in [-0.4, -0.2) is 47.7 Å². The van der Waals surface area contributed by atoms with Gasteiger partial charge in [-0.25, -0.2) is 14.8 Å². The van der Waals surface area contributed by atoms with Crippen LogP contribution >= 0.6 is 0 Å². The molecule has 0 atom stereocenters. The number of ether oxygens (including phenoxy) is 1. The Labute approximate surface area is 208 Å². The number of hydrogen-bond acceptors (Lipinski definition) is 6. The van der Waals surface area contributed by atoms with Crippen molar-refractivity contribution in [2.24, 2.45) is 0 Å². The van der Waals surface area contributed by atoms with Gasteiger partial charge in [0.25, 0.3) is 0 Å². The molecule has 0 radical (unpaired) electrons. The van der Waals surface area contributed by atoms with Crippen molar-refractivity contribution in [3.63, 3.8) is 0 Å². The highest BCUT2D eigenvalue weighted by atomic mass is 16.5. The molecule has 10 heteroatoms. The van der Waals surface area contributed by atoms with E-state index in [1.54, 1.807) is 28.7 Å². The molecule has 1 aromatic carbocycles. The van der Waals surface area contributed by atoms with Crippen molar-refractivity contribution in [1.29, 1.82) is 0 Å². The summed E-state index contributed by atoms with van der Waals surface area (Å²) in [6, 6.07) is 7.08. The van der Waals surface area contributed by atoms with E-state index in [2.05, 4.69) is 20.4 Å². The molecule has 0 unspecified atom stereocenters. The number of benzene rings is 1. The summed E-state index contributed by atoms with van der Waals surface area (Å²) in [5.41, 5.74) is 3.20. The van der Waals surface area contributed by atoms with Crippen molar-refractivity contribution >= 4 is 28.7 Å². The van der Waals surface area contributed by atoms with E-state index in [-0.39, 0.29) is 17.5 Å². The second-order valence-electron chi connectivity index (χ2n) is 9.95. The summed E-state index contributed by atoms with van der Waals surface area (Å²) in [7, 11) is 0. The Hall–Kier alpha value is -4.21. The van der Waals surface area contributed by atoms with Crippen LogP contribution in [-0.2, 0) is 23.3 Å². The highest BCUT2D eigenvalue weighted by Gasteiger charge is 2.24. The fourth-order valence-electron chi connectivity index (χ4n) is 4.35. The summed E-state index contributed by atoms with van der Waals surface area (Å²) in [6.07, 6.45) is 5.68. The van der Waals surface area contributed by atoms with Gasteiger partial charge in [0, 0.05) is 48.4 Å². The number of carbonyl (C=O) groups excluding carboxylic acids is 2. The van der Waals surface area contributed by atoms with Crippen LogP contribution < -0.4 is 10.1 Å². The lowest BCUT2D eigenvalue weighted by molar-refractivity contribution is -0.129. The van der Waals surface area contributed by atoms with Crippen LogP contribution in [0.2, 0.25) is 0 Å². The van der Waals surface area contributed by atoms with E-state index in [1.807, 2.05) is 56.8 Å². The van der Waals surface area contributed by atoms with Crippen LogP contribution in [0.15, 0.2) is 43.0 Å². The number of anilines is 1. The molecule has 1 aliphatic rings. The molecule has 2 amide bonds. The highest BCUT2D eigenvalue weighted by molar-refractivity contribution is 5.99. The summed E-state index contributed by atoms with van der Waals surface area (Å²) in [4.78, 5) is 35.2. The van der Waals surface area contributed by atoms with Crippen molar-refractivity contribution in [1.82, 2.24) is 29.2 Å². The zero-order valence-electron chi connectivity index (χ0n) is 21.1. The van der Waals surface area contributed by atoms with Crippen molar-refractivity contribution in [2.75, 3.05) is 11.9 Å². The SMILES string of the molecule is CC(=O)N1CCc2c(ncnc2Oc2ccc3c(ccn3C(=O)Nc3ccn(C(C)(C)C)n3)c2C)C1. The van der Waals surface area contributed by atoms with Gasteiger partial charge in [-0.05, 0) is 52.3 Å². The molecule has 4 aromatic rings. The Balaban J connectivity index is 1.39. The molecule has 4 heterocycles. The predicted octanol–water partition coefficient (Wildman–Crippen LogP) is 4.47. The first-order valence-electron chi connectivity index (χ1n) is 11.9. The summed E-state index contributed by atoms with van der Waals surface area (Å²) in [5, 5.41) is 8.22. The Morgan fingerprint density at radius 3 is 2.61 bits per heavy atom. The summed E-state index contributed by atoms with van der Waals surface area (Å²) in [6.45, 7) is 10.7. The third-order valence-corrected chi connectivity index (χ3v) is 6.44. The van der Waals surface area contributed by atoms with Gasteiger partial charge in [0.1, 0.15) is 12.1 Å². The van der Waals surface area contributed by atoms with Gasteiger partial charge in [-0.2, -0.15) is 5.10 Å². The number of hydrogen-bond donors (Lipinski definition) is 1. The molecule has 0 saturated heterocycles. The molecule has 1 aliphatic heterocycles. The average Bonchev–Trinajstić information content (AvgIpc) is 3.48. The zero-order chi connectivity index (χ0) is 25.6. The van der Waals surface area contributed by atoms with Crippen molar-refractivity contribution < 1.29 is 14.3 Å². The maximum Gasteiger partial charge on any atom is 0.331 e. The monoisotopic (exact) mass is 487 g/mol. The van der Waals surface area contributed by atoms with Crippen molar-refractivity contribution in [2.45, 2.75) is 53.1 Å². The lowest BCUT2D eigenvalue weighted by atomic mass is 10.1. The molecule has 3 aromatic heterocycles. The molecule has 0 fully saturated rings. The van der Waals surface area contributed by atoms with Gasteiger partial charge in [-0.1, -0.05) is 0 Å². The molecule has 36 heavy (non-hydrogen) atoms. The largest absolute Gasteiger partial charge is 0.438 e. The lowest BCUT2D eigenvalue weighted by Gasteiger charge is -2.27. The van der Waals surface area contributed by atoms with E-state index in [4.69, 9.17) is 4.74 Å². The summed E-state index contributed by atoms with van der Waals surface area (Å²) < 4.78 is 9.61. The first-order chi connectivity index (χ1) is 17.1. The Kier molecular flexibility index (Phi) is 5.74. The average molecular weight is 488 g/mol. The third kappa shape index (κ3) is 4.30. The van der Waals surface area contributed by atoms with Crippen LogP contribution in [0, 0.1) is 6.92 Å². The van der Waals surface area contributed by atoms with E-state index in [0.29, 0.717) is 37.0 Å². The second kappa shape index (κ2) is 8.78. The van der Waals surface area contributed by atoms with E-state index >= 15 is 0 Å². The topological polar surface area (TPSA) is 107 Å². The van der Waals surface area contributed by atoms with E-state index < -0.39 is 0 Å². The van der Waals surface area contributed by atoms with E-state index in [9.17, 15) is 9.59 Å². The van der Waals surface area contributed by atoms with Gasteiger partial charge in [-0.15, -0.1) is 0 Å². The van der Waals surface area contributed by atoms with E-state index in [0.717, 1.165) is 27.7 Å². The van der Waals surface area contributed by atoms with Crippen LogP contribution in [0.3, 0.4) is 0 Å². The van der Waals surface area contributed by atoms with Gasteiger partial charge in [0.15, 0.2) is 5.82 Å². The number of fused-ring (bicyclic) bond motifs is 2. The molecule has 0 saturated carbocycles. The number of aryl methyl sites for hydroxylation is 1. The molecular formula is C26H29N7O3. The second-order valence-corrected chi connectivity index (χ2v) is 9.95. The Morgan fingerprint density at radius 2 is 1.89 bits per heavy atom.